The molecule has 1 aliphatic rings. The zero-order valence-corrected chi connectivity index (χ0v) is 16.1. The van der Waals surface area contributed by atoms with Crippen molar-refractivity contribution in [1.82, 2.24) is 0 Å². The van der Waals surface area contributed by atoms with Crippen LogP contribution in [-0.4, -0.2) is 18.3 Å². The maximum atomic E-state index is 9.75. The van der Waals surface area contributed by atoms with E-state index in [0.29, 0.717) is 10.9 Å². The van der Waals surface area contributed by atoms with Crippen molar-refractivity contribution >= 4 is 18.1 Å². The fourth-order valence-electron chi connectivity index (χ4n) is 2.82. The molecule has 0 aromatic heterocycles. The van der Waals surface area contributed by atoms with Crippen LogP contribution < -0.4 is 0 Å². The van der Waals surface area contributed by atoms with Gasteiger partial charge in [0.05, 0.1) is 0 Å². The van der Waals surface area contributed by atoms with E-state index in [0.717, 1.165) is 5.25 Å². The van der Waals surface area contributed by atoms with Crippen molar-refractivity contribution in [3.05, 3.63) is 30.3 Å². The highest BCUT2D eigenvalue weighted by molar-refractivity contribution is 7.97. The second-order valence-corrected chi connectivity index (χ2v) is 9.02. The molecule has 0 amide bonds. The van der Waals surface area contributed by atoms with Crippen molar-refractivity contribution < 1.29 is 17.3 Å². The minimum Gasteiger partial charge on any atom is -0.418 e. The predicted octanol–water partition coefficient (Wildman–Crippen LogP) is 7.27. The SMILES string of the molecule is CCCCCCCCCC[S+](c1ccccc1)C1CC1.F[B-](F)(F)F. The molecule has 0 bridgehead atoms. The molecule has 1 unspecified atom stereocenters. The van der Waals surface area contributed by atoms with Gasteiger partial charge in [0.15, 0.2) is 4.90 Å². The van der Waals surface area contributed by atoms with Gasteiger partial charge in [0, 0.05) is 23.7 Å². The molecule has 1 aliphatic carbocycles. The first-order valence-electron chi connectivity index (χ1n) is 9.54. The lowest BCUT2D eigenvalue weighted by Gasteiger charge is -2.07. The molecule has 0 aliphatic heterocycles. The summed E-state index contributed by atoms with van der Waals surface area (Å²) < 4.78 is 39.0. The van der Waals surface area contributed by atoms with Crippen LogP contribution in [0.15, 0.2) is 35.2 Å². The summed E-state index contributed by atoms with van der Waals surface area (Å²) >= 11 is 0. The summed E-state index contributed by atoms with van der Waals surface area (Å²) in [6, 6.07) is 11.3. The molecule has 0 heterocycles. The zero-order valence-electron chi connectivity index (χ0n) is 15.2. The lowest BCUT2D eigenvalue weighted by Crippen LogP contribution is -2.13. The lowest BCUT2D eigenvalue weighted by atomic mass is 10.1. The van der Waals surface area contributed by atoms with Gasteiger partial charge in [0.1, 0.15) is 11.0 Å². The first-order valence-corrected chi connectivity index (χ1v) is 11.0. The fourth-order valence-corrected chi connectivity index (χ4v) is 5.50. The number of benzene rings is 1. The molecule has 0 nitrogen and oxygen atoms in total. The quantitative estimate of drug-likeness (QED) is 0.164. The Hall–Kier alpha value is -0.645. The highest BCUT2D eigenvalue weighted by Crippen LogP contribution is 2.36. The molecule has 1 atom stereocenters. The number of hydrogen-bond acceptors (Lipinski definition) is 0. The average molecular weight is 378 g/mol. The van der Waals surface area contributed by atoms with E-state index < -0.39 is 7.25 Å². The van der Waals surface area contributed by atoms with Gasteiger partial charge < -0.3 is 17.3 Å². The molecule has 25 heavy (non-hydrogen) atoms. The maximum Gasteiger partial charge on any atom is 0.673 e. The van der Waals surface area contributed by atoms with Crippen LogP contribution in [0.1, 0.15) is 71.1 Å². The molecule has 0 spiro atoms. The third kappa shape index (κ3) is 13.2. The van der Waals surface area contributed by atoms with Crippen LogP contribution >= 0.6 is 0 Å². The van der Waals surface area contributed by atoms with E-state index in [9.17, 15) is 17.3 Å². The van der Waals surface area contributed by atoms with Gasteiger partial charge in [-0.05, 0) is 25.0 Å². The second kappa shape index (κ2) is 12.7. The average Bonchev–Trinajstić information content (AvgIpc) is 3.37. The highest BCUT2D eigenvalue weighted by atomic mass is 32.2. The second-order valence-electron chi connectivity index (χ2n) is 6.62. The number of unbranched alkanes of at least 4 members (excludes halogenated alkanes) is 7. The summed E-state index contributed by atoms with van der Waals surface area (Å²) in [5, 5.41) is 1.03. The molecule has 1 aromatic rings. The van der Waals surface area contributed by atoms with Crippen LogP contribution in [0, 0.1) is 0 Å². The van der Waals surface area contributed by atoms with E-state index >= 15 is 0 Å². The molecular formula is C19H31BF4S. The Morgan fingerprint density at radius 1 is 0.840 bits per heavy atom. The monoisotopic (exact) mass is 378 g/mol. The number of halogens is 4. The minimum atomic E-state index is -6.00. The van der Waals surface area contributed by atoms with Crippen molar-refractivity contribution in [3.63, 3.8) is 0 Å². The van der Waals surface area contributed by atoms with Crippen molar-refractivity contribution in [1.29, 1.82) is 0 Å². The topological polar surface area (TPSA) is 0 Å². The van der Waals surface area contributed by atoms with Crippen molar-refractivity contribution in [2.24, 2.45) is 0 Å². The Bertz CT molecular complexity index is 429. The Balaban J connectivity index is 0.000000550. The molecule has 0 N–H and O–H groups in total. The van der Waals surface area contributed by atoms with Gasteiger partial charge in [-0.3, -0.25) is 0 Å². The largest absolute Gasteiger partial charge is 0.673 e. The minimum absolute atomic E-state index is 0.561. The summed E-state index contributed by atoms with van der Waals surface area (Å²) in [6.45, 7) is 2.29. The highest BCUT2D eigenvalue weighted by Gasteiger charge is 2.41. The molecule has 6 heteroatoms. The van der Waals surface area contributed by atoms with E-state index in [1.54, 1.807) is 4.90 Å². The molecule has 1 aromatic carbocycles. The third-order valence-electron chi connectivity index (χ3n) is 4.19. The fraction of sp³-hybridized carbons (Fsp3) is 0.684. The molecule has 144 valence electrons. The Morgan fingerprint density at radius 3 is 1.80 bits per heavy atom. The van der Waals surface area contributed by atoms with Crippen LogP contribution in [-0.2, 0) is 10.9 Å². The van der Waals surface area contributed by atoms with Gasteiger partial charge in [-0.15, -0.1) is 0 Å². The Labute approximate surface area is 153 Å². The van der Waals surface area contributed by atoms with Crippen molar-refractivity contribution in [2.75, 3.05) is 5.75 Å². The van der Waals surface area contributed by atoms with E-state index in [4.69, 9.17) is 0 Å². The van der Waals surface area contributed by atoms with Crippen molar-refractivity contribution in [2.45, 2.75) is 81.3 Å². The molecule has 1 fully saturated rings. The summed E-state index contributed by atoms with van der Waals surface area (Å²) in [5.74, 6) is 1.45. The lowest BCUT2D eigenvalue weighted by molar-refractivity contribution is 0.368. The summed E-state index contributed by atoms with van der Waals surface area (Å²) in [6.07, 6.45) is 14.5. The summed E-state index contributed by atoms with van der Waals surface area (Å²) in [7, 11) is -5.44. The maximum absolute atomic E-state index is 9.75. The van der Waals surface area contributed by atoms with E-state index in [1.807, 2.05) is 0 Å². The van der Waals surface area contributed by atoms with Crippen LogP contribution in [0.3, 0.4) is 0 Å². The predicted molar refractivity (Wildman–Crippen MR) is 103 cm³/mol. The van der Waals surface area contributed by atoms with Gasteiger partial charge in [0.25, 0.3) is 0 Å². The van der Waals surface area contributed by atoms with Gasteiger partial charge in [-0.2, -0.15) is 0 Å². The van der Waals surface area contributed by atoms with Gasteiger partial charge >= 0.3 is 7.25 Å². The van der Waals surface area contributed by atoms with Crippen molar-refractivity contribution in [3.8, 4) is 0 Å². The number of rotatable bonds is 11. The summed E-state index contributed by atoms with van der Waals surface area (Å²) in [4.78, 5) is 1.62. The van der Waals surface area contributed by atoms with E-state index in [-0.39, 0.29) is 0 Å². The number of hydrogen-bond donors (Lipinski definition) is 0. The third-order valence-corrected chi connectivity index (χ3v) is 7.07. The first kappa shape index (κ1) is 22.4. The first-order chi connectivity index (χ1) is 11.9. The van der Waals surface area contributed by atoms with E-state index in [1.165, 1.54) is 70.0 Å². The van der Waals surface area contributed by atoms with Crippen LogP contribution in [0.25, 0.3) is 0 Å². The van der Waals surface area contributed by atoms with Gasteiger partial charge in [-0.1, -0.05) is 63.6 Å². The normalized spacial score (nSPS) is 15.4. The molecule has 2 rings (SSSR count). The zero-order chi connectivity index (χ0) is 18.5. The van der Waals surface area contributed by atoms with Crippen LogP contribution in [0.2, 0.25) is 0 Å². The molecule has 0 radical (unpaired) electrons. The molecule has 0 saturated heterocycles. The Kier molecular flexibility index (Phi) is 11.3. The van der Waals surface area contributed by atoms with Gasteiger partial charge in [0.2, 0.25) is 0 Å². The van der Waals surface area contributed by atoms with Crippen LogP contribution in [0.5, 0.6) is 0 Å². The standard InChI is InChI=1S/C19H31S.BF4/c1-2-3-4-5-6-7-8-12-17-20(19-15-16-19)18-13-10-9-11-14-18;2-1(3,4)5/h9-11,13-14,19H,2-8,12,15-17H2,1H3;/q+1;-1. The molecular weight excluding hydrogens is 347 g/mol. The smallest absolute Gasteiger partial charge is 0.418 e. The molecule has 1 saturated carbocycles. The summed E-state index contributed by atoms with van der Waals surface area (Å²) in [5.41, 5.74) is 0. The van der Waals surface area contributed by atoms with Crippen LogP contribution in [0.4, 0.5) is 17.3 Å². The van der Waals surface area contributed by atoms with E-state index in [2.05, 4.69) is 37.3 Å². The van der Waals surface area contributed by atoms with Gasteiger partial charge in [-0.25, -0.2) is 0 Å². The Morgan fingerprint density at radius 2 is 1.32 bits per heavy atom.